The molecule has 5 rings (SSSR count). The number of hydrogen-bond acceptors (Lipinski definition) is 3. The van der Waals surface area contributed by atoms with Gasteiger partial charge in [0.05, 0.1) is 12.1 Å². The van der Waals surface area contributed by atoms with Gasteiger partial charge in [0.1, 0.15) is 17.2 Å². The smallest absolute Gasteiger partial charge is 0.143 e. The second kappa shape index (κ2) is 5.94. The van der Waals surface area contributed by atoms with E-state index >= 15 is 0 Å². The van der Waals surface area contributed by atoms with E-state index in [9.17, 15) is 0 Å². The third kappa shape index (κ3) is 2.42. The number of nitrogens with zero attached hydrogens (tertiary/aromatic N) is 3. The SMILES string of the molecule is Clc1ccc(C(n2nnc3ccccc32)C2(c3ccccc3)CO2)cc1. The average molecular weight is 362 g/mol. The topological polar surface area (TPSA) is 43.2 Å². The summed E-state index contributed by atoms with van der Waals surface area (Å²) in [6, 6.07) is 26.1. The quantitative estimate of drug-likeness (QED) is 0.499. The summed E-state index contributed by atoms with van der Waals surface area (Å²) in [4.78, 5) is 0. The molecular formula is C21H16ClN3O. The van der Waals surface area contributed by atoms with E-state index in [-0.39, 0.29) is 6.04 Å². The Balaban J connectivity index is 1.73. The summed E-state index contributed by atoms with van der Waals surface area (Å²) < 4.78 is 8.05. The first-order valence-corrected chi connectivity index (χ1v) is 8.91. The molecule has 1 aliphatic heterocycles. The average Bonchev–Trinajstić information content (AvgIpc) is 3.38. The molecule has 4 aromatic rings. The summed E-state index contributed by atoms with van der Waals surface area (Å²) in [6.45, 7) is 0.637. The number of rotatable bonds is 4. The number of aromatic nitrogens is 3. The summed E-state index contributed by atoms with van der Waals surface area (Å²) in [5.74, 6) is 0. The molecule has 128 valence electrons. The lowest BCUT2D eigenvalue weighted by molar-refractivity contribution is 0.235. The number of hydrogen-bond donors (Lipinski definition) is 0. The van der Waals surface area contributed by atoms with E-state index < -0.39 is 5.60 Å². The highest BCUT2D eigenvalue weighted by atomic mass is 35.5. The van der Waals surface area contributed by atoms with Crippen molar-refractivity contribution in [3.8, 4) is 0 Å². The van der Waals surface area contributed by atoms with Gasteiger partial charge in [0.25, 0.3) is 0 Å². The standard InChI is InChI=1S/C21H16ClN3O/c22-17-12-10-15(11-13-17)20(21(14-26-21)16-6-2-1-3-7-16)25-19-9-5-4-8-18(19)23-24-25/h1-13,20H,14H2. The van der Waals surface area contributed by atoms with Gasteiger partial charge in [-0.15, -0.1) is 5.10 Å². The van der Waals surface area contributed by atoms with Gasteiger partial charge in [-0.3, -0.25) is 0 Å². The highest BCUT2D eigenvalue weighted by molar-refractivity contribution is 6.30. The number of para-hydroxylation sites is 1. The lowest BCUT2D eigenvalue weighted by Crippen LogP contribution is -2.28. The van der Waals surface area contributed by atoms with Gasteiger partial charge in [0.2, 0.25) is 0 Å². The van der Waals surface area contributed by atoms with E-state index in [1.54, 1.807) is 0 Å². The number of halogens is 1. The largest absolute Gasteiger partial charge is 0.362 e. The van der Waals surface area contributed by atoms with Crippen molar-refractivity contribution in [1.82, 2.24) is 15.0 Å². The fourth-order valence-electron chi connectivity index (χ4n) is 3.61. The Hall–Kier alpha value is -2.69. The van der Waals surface area contributed by atoms with E-state index in [2.05, 4.69) is 22.4 Å². The molecule has 0 spiro atoms. The van der Waals surface area contributed by atoms with Gasteiger partial charge in [0, 0.05) is 5.02 Å². The van der Waals surface area contributed by atoms with Crippen LogP contribution in [0, 0.1) is 0 Å². The van der Waals surface area contributed by atoms with Crippen molar-refractivity contribution in [2.24, 2.45) is 0 Å². The maximum atomic E-state index is 6.12. The number of fused-ring (bicyclic) bond motifs is 1. The molecule has 1 aromatic heterocycles. The van der Waals surface area contributed by atoms with Crippen LogP contribution in [0.3, 0.4) is 0 Å². The first kappa shape index (κ1) is 15.6. The van der Waals surface area contributed by atoms with Gasteiger partial charge in [-0.2, -0.15) is 0 Å². The summed E-state index contributed by atoms with van der Waals surface area (Å²) in [7, 11) is 0. The predicted octanol–water partition coefficient (Wildman–Crippen LogP) is 4.60. The Labute approximate surface area is 156 Å². The minimum absolute atomic E-state index is 0.130. The molecule has 2 atom stereocenters. The molecule has 0 saturated carbocycles. The van der Waals surface area contributed by atoms with Crippen molar-refractivity contribution in [3.63, 3.8) is 0 Å². The number of ether oxygens (including phenoxy) is 1. The normalized spacial score (nSPS) is 20.2. The third-order valence-electron chi connectivity index (χ3n) is 4.97. The third-order valence-corrected chi connectivity index (χ3v) is 5.22. The molecule has 1 fully saturated rings. The van der Waals surface area contributed by atoms with E-state index in [1.807, 2.05) is 71.4 Å². The Bertz CT molecular complexity index is 1060. The molecule has 0 aliphatic carbocycles. The molecule has 1 aliphatic rings. The van der Waals surface area contributed by atoms with Crippen LogP contribution in [-0.4, -0.2) is 21.6 Å². The van der Waals surface area contributed by atoms with Crippen molar-refractivity contribution in [2.75, 3.05) is 6.61 Å². The van der Waals surface area contributed by atoms with Crippen LogP contribution in [0.4, 0.5) is 0 Å². The van der Waals surface area contributed by atoms with Crippen LogP contribution >= 0.6 is 11.6 Å². The summed E-state index contributed by atoms with van der Waals surface area (Å²) in [5.41, 5.74) is 3.63. The zero-order valence-corrected chi connectivity index (χ0v) is 14.7. The molecule has 26 heavy (non-hydrogen) atoms. The summed E-state index contributed by atoms with van der Waals surface area (Å²) in [5, 5.41) is 9.54. The fraction of sp³-hybridized carbons (Fsp3) is 0.143. The van der Waals surface area contributed by atoms with E-state index in [0.29, 0.717) is 11.6 Å². The molecular weight excluding hydrogens is 346 g/mol. The van der Waals surface area contributed by atoms with Crippen LogP contribution in [-0.2, 0) is 10.3 Å². The lowest BCUT2D eigenvalue weighted by Gasteiger charge is -2.26. The predicted molar refractivity (Wildman–Crippen MR) is 101 cm³/mol. The van der Waals surface area contributed by atoms with E-state index in [1.165, 1.54) is 0 Å². The molecule has 4 nitrogen and oxygen atoms in total. The summed E-state index contributed by atoms with van der Waals surface area (Å²) >= 11 is 6.12. The minimum Gasteiger partial charge on any atom is -0.362 e. The molecule has 0 bridgehead atoms. The monoisotopic (exact) mass is 361 g/mol. The molecule has 3 aromatic carbocycles. The maximum Gasteiger partial charge on any atom is 0.143 e. The second-order valence-corrected chi connectivity index (χ2v) is 6.96. The molecule has 2 heterocycles. The van der Waals surface area contributed by atoms with Gasteiger partial charge in [-0.25, -0.2) is 4.68 Å². The highest BCUT2D eigenvalue weighted by Crippen LogP contribution is 2.51. The van der Waals surface area contributed by atoms with E-state index in [4.69, 9.17) is 16.3 Å². The van der Waals surface area contributed by atoms with Crippen LogP contribution in [0.1, 0.15) is 17.2 Å². The Morgan fingerprint density at radius 1 is 0.923 bits per heavy atom. The first-order chi connectivity index (χ1) is 12.8. The Morgan fingerprint density at radius 2 is 1.62 bits per heavy atom. The molecule has 0 radical (unpaired) electrons. The van der Waals surface area contributed by atoms with Crippen LogP contribution in [0.15, 0.2) is 78.9 Å². The lowest BCUT2D eigenvalue weighted by atomic mass is 9.87. The second-order valence-electron chi connectivity index (χ2n) is 6.52. The highest BCUT2D eigenvalue weighted by Gasteiger charge is 2.55. The number of epoxide rings is 1. The minimum atomic E-state index is -0.453. The van der Waals surface area contributed by atoms with Crippen molar-refractivity contribution in [1.29, 1.82) is 0 Å². The van der Waals surface area contributed by atoms with Crippen LogP contribution in [0.2, 0.25) is 5.02 Å². The summed E-state index contributed by atoms with van der Waals surface area (Å²) in [6.07, 6.45) is 0. The fourth-order valence-corrected chi connectivity index (χ4v) is 3.74. The van der Waals surface area contributed by atoms with Crippen molar-refractivity contribution in [3.05, 3.63) is 95.0 Å². The zero-order valence-electron chi connectivity index (χ0n) is 13.9. The first-order valence-electron chi connectivity index (χ1n) is 8.53. The molecule has 0 N–H and O–H groups in total. The van der Waals surface area contributed by atoms with Crippen LogP contribution < -0.4 is 0 Å². The van der Waals surface area contributed by atoms with Gasteiger partial charge in [-0.05, 0) is 35.4 Å². The van der Waals surface area contributed by atoms with Gasteiger partial charge in [-0.1, -0.05) is 71.4 Å². The maximum absolute atomic E-state index is 6.12. The van der Waals surface area contributed by atoms with Crippen LogP contribution in [0.25, 0.3) is 11.0 Å². The molecule has 0 amide bonds. The van der Waals surface area contributed by atoms with Gasteiger partial charge < -0.3 is 4.74 Å². The van der Waals surface area contributed by atoms with Gasteiger partial charge in [0.15, 0.2) is 0 Å². The van der Waals surface area contributed by atoms with E-state index in [0.717, 1.165) is 22.2 Å². The van der Waals surface area contributed by atoms with Crippen molar-refractivity contribution in [2.45, 2.75) is 11.6 Å². The molecule has 2 unspecified atom stereocenters. The molecule has 5 heteroatoms. The van der Waals surface area contributed by atoms with Crippen LogP contribution in [0.5, 0.6) is 0 Å². The zero-order chi connectivity index (χ0) is 17.6. The Morgan fingerprint density at radius 3 is 2.35 bits per heavy atom. The number of benzene rings is 3. The van der Waals surface area contributed by atoms with Crippen molar-refractivity contribution >= 4 is 22.6 Å². The molecule has 1 saturated heterocycles. The van der Waals surface area contributed by atoms with Crippen molar-refractivity contribution < 1.29 is 4.74 Å². The Kier molecular flexibility index (Phi) is 3.55. The van der Waals surface area contributed by atoms with Gasteiger partial charge >= 0.3 is 0 Å².